The van der Waals surface area contributed by atoms with Crippen molar-refractivity contribution in [1.82, 2.24) is 9.97 Å². The molecule has 1 fully saturated rings. The number of hydrogen-bond acceptors (Lipinski definition) is 5. The first kappa shape index (κ1) is 15.6. The number of nitrogens with one attached hydrogen (secondary N) is 1. The predicted molar refractivity (Wildman–Crippen MR) is 86.5 cm³/mol. The van der Waals surface area contributed by atoms with E-state index in [1.807, 2.05) is 0 Å². The van der Waals surface area contributed by atoms with Crippen LogP contribution in [0.15, 0.2) is 24.4 Å². The summed E-state index contributed by atoms with van der Waals surface area (Å²) in [6.45, 7) is 0. The fourth-order valence-electron chi connectivity index (χ4n) is 2.17. The number of methoxy groups -OCH3 is 2. The summed E-state index contributed by atoms with van der Waals surface area (Å²) in [5, 5.41) is 3.10. The number of aromatic nitrogens is 2. The molecular weight excluding hydrogens is 318 g/mol. The van der Waals surface area contributed by atoms with Crippen molar-refractivity contribution >= 4 is 23.2 Å². The van der Waals surface area contributed by atoms with Crippen molar-refractivity contribution in [2.24, 2.45) is 0 Å². The van der Waals surface area contributed by atoms with Gasteiger partial charge in [0.05, 0.1) is 24.9 Å². The predicted octanol–water partition coefficient (Wildman–Crippen LogP) is 3.28. The SMILES string of the molecule is COc1cc(Cl)c(NC(=O)c2ccnc(C3CC3)n2)cc1OC. The van der Waals surface area contributed by atoms with Gasteiger partial charge in [0.25, 0.3) is 5.91 Å². The summed E-state index contributed by atoms with van der Waals surface area (Å²) in [6, 6.07) is 4.78. The summed E-state index contributed by atoms with van der Waals surface area (Å²) in [7, 11) is 3.04. The highest BCUT2D eigenvalue weighted by Gasteiger charge is 2.27. The smallest absolute Gasteiger partial charge is 0.274 e. The van der Waals surface area contributed by atoms with Crippen LogP contribution < -0.4 is 14.8 Å². The molecule has 0 radical (unpaired) electrons. The van der Waals surface area contributed by atoms with E-state index in [1.165, 1.54) is 14.2 Å². The van der Waals surface area contributed by atoms with E-state index < -0.39 is 0 Å². The Morgan fingerprint density at radius 1 is 1.26 bits per heavy atom. The molecule has 0 atom stereocenters. The Labute approximate surface area is 138 Å². The van der Waals surface area contributed by atoms with Crippen molar-refractivity contribution < 1.29 is 14.3 Å². The van der Waals surface area contributed by atoms with Gasteiger partial charge in [-0.1, -0.05) is 11.6 Å². The second kappa shape index (κ2) is 6.42. The number of hydrogen-bond donors (Lipinski definition) is 1. The highest BCUT2D eigenvalue weighted by molar-refractivity contribution is 6.34. The molecular formula is C16H16ClN3O3. The van der Waals surface area contributed by atoms with Crippen LogP contribution in [0.2, 0.25) is 5.02 Å². The normalized spacial score (nSPS) is 13.5. The first-order chi connectivity index (χ1) is 11.1. The van der Waals surface area contributed by atoms with Crippen LogP contribution >= 0.6 is 11.6 Å². The number of carbonyl (C=O) groups is 1. The summed E-state index contributed by atoms with van der Waals surface area (Å²) in [5.74, 6) is 1.73. The lowest BCUT2D eigenvalue weighted by Crippen LogP contribution is -2.15. The van der Waals surface area contributed by atoms with E-state index in [-0.39, 0.29) is 5.91 Å². The van der Waals surface area contributed by atoms with Gasteiger partial charge in [-0.15, -0.1) is 0 Å². The molecule has 6 nitrogen and oxygen atoms in total. The Morgan fingerprint density at radius 3 is 2.61 bits per heavy atom. The first-order valence-electron chi connectivity index (χ1n) is 7.18. The molecule has 0 bridgehead atoms. The molecule has 0 aliphatic heterocycles. The van der Waals surface area contributed by atoms with Crippen LogP contribution in [0.25, 0.3) is 0 Å². The minimum Gasteiger partial charge on any atom is -0.493 e. The van der Waals surface area contributed by atoms with E-state index in [9.17, 15) is 4.79 Å². The first-order valence-corrected chi connectivity index (χ1v) is 7.56. The highest BCUT2D eigenvalue weighted by atomic mass is 35.5. The molecule has 0 saturated heterocycles. The van der Waals surface area contributed by atoms with E-state index in [4.69, 9.17) is 21.1 Å². The number of nitrogens with zero attached hydrogens (tertiary/aromatic N) is 2. The zero-order valence-corrected chi connectivity index (χ0v) is 13.6. The van der Waals surface area contributed by atoms with Gasteiger partial charge in [0.2, 0.25) is 0 Å². The largest absolute Gasteiger partial charge is 0.493 e. The molecule has 0 spiro atoms. The molecule has 1 aromatic carbocycles. The maximum Gasteiger partial charge on any atom is 0.274 e. The average molecular weight is 334 g/mol. The van der Waals surface area contributed by atoms with Gasteiger partial charge in [-0.3, -0.25) is 4.79 Å². The zero-order valence-electron chi connectivity index (χ0n) is 12.8. The summed E-state index contributed by atoms with van der Waals surface area (Å²) >= 11 is 6.18. The third-order valence-electron chi connectivity index (χ3n) is 3.57. The lowest BCUT2D eigenvalue weighted by Gasteiger charge is -2.12. The van der Waals surface area contributed by atoms with Crippen molar-refractivity contribution in [2.45, 2.75) is 18.8 Å². The maximum absolute atomic E-state index is 12.4. The number of amides is 1. The summed E-state index contributed by atoms with van der Waals surface area (Å²) in [4.78, 5) is 20.9. The van der Waals surface area contributed by atoms with Crippen molar-refractivity contribution in [2.75, 3.05) is 19.5 Å². The second-order valence-corrected chi connectivity index (χ2v) is 5.62. The number of halogens is 1. The van der Waals surface area contributed by atoms with Crippen molar-refractivity contribution in [3.8, 4) is 11.5 Å². The van der Waals surface area contributed by atoms with Crippen LogP contribution in [-0.4, -0.2) is 30.1 Å². The van der Waals surface area contributed by atoms with Gasteiger partial charge in [0.1, 0.15) is 11.5 Å². The topological polar surface area (TPSA) is 73.3 Å². The molecule has 3 rings (SSSR count). The van der Waals surface area contributed by atoms with Gasteiger partial charge in [-0.2, -0.15) is 0 Å². The van der Waals surface area contributed by atoms with E-state index in [1.54, 1.807) is 24.4 Å². The summed E-state index contributed by atoms with van der Waals surface area (Å²) in [6.07, 6.45) is 3.75. The molecule has 1 N–H and O–H groups in total. The molecule has 1 heterocycles. The number of ether oxygens (including phenoxy) is 2. The second-order valence-electron chi connectivity index (χ2n) is 5.22. The highest BCUT2D eigenvalue weighted by Crippen LogP contribution is 2.38. The van der Waals surface area contributed by atoms with Gasteiger partial charge in [-0.05, 0) is 18.9 Å². The van der Waals surface area contributed by atoms with Crippen LogP contribution in [0, 0.1) is 0 Å². The summed E-state index contributed by atoms with van der Waals surface area (Å²) < 4.78 is 10.4. The van der Waals surface area contributed by atoms with Gasteiger partial charge >= 0.3 is 0 Å². The number of rotatable bonds is 5. The van der Waals surface area contributed by atoms with Crippen LogP contribution in [0.3, 0.4) is 0 Å². The van der Waals surface area contributed by atoms with Crippen LogP contribution in [0.5, 0.6) is 11.5 Å². The van der Waals surface area contributed by atoms with E-state index in [0.717, 1.165) is 18.7 Å². The Morgan fingerprint density at radius 2 is 1.96 bits per heavy atom. The molecule has 23 heavy (non-hydrogen) atoms. The Bertz CT molecular complexity index is 747. The maximum atomic E-state index is 12.4. The molecule has 120 valence electrons. The zero-order chi connectivity index (χ0) is 16.4. The minimum absolute atomic E-state index is 0.313. The molecule has 2 aromatic rings. The van der Waals surface area contributed by atoms with E-state index in [2.05, 4.69) is 15.3 Å². The van der Waals surface area contributed by atoms with Crippen molar-refractivity contribution in [3.05, 3.63) is 40.9 Å². The number of carbonyl (C=O) groups excluding carboxylic acids is 1. The Balaban J connectivity index is 1.83. The Hall–Kier alpha value is -2.34. The van der Waals surface area contributed by atoms with Crippen LogP contribution in [0.1, 0.15) is 35.1 Å². The summed E-state index contributed by atoms with van der Waals surface area (Å²) in [5.41, 5.74) is 0.744. The van der Waals surface area contributed by atoms with Gasteiger partial charge in [0.15, 0.2) is 11.5 Å². The molecule has 0 unspecified atom stereocenters. The molecule has 1 saturated carbocycles. The fourth-order valence-corrected chi connectivity index (χ4v) is 2.38. The van der Waals surface area contributed by atoms with Gasteiger partial charge in [0, 0.05) is 24.2 Å². The van der Waals surface area contributed by atoms with E-state index >= 15 is 0 Å². The van der Waals surface area contributed by atoms with Crippen molar-refractivity contribution in [3.63, 3.8) is 0 Å². The van der Waals surface area contributed by atoms with E-state index in [0.29, 0.717) is 33.8 Å². The third kappa shape index (κ3) is 3.37. The molecule has 7 heteroatoms. The van der Waals surface area contributed by atoms with Crippen LogP contribution in [-0.2, 0) is 0 Å². The molecule has 1 amide bonds. The quantitative estimate of drug-likeness (QED) is 0.909. The Kier molecular flexibility index (Phi) is 4.34. The van der Waals surface area contributed by atoms with Gasteiger partial charge in [-0.25, -0.2) is 9.97 Å². The van der Waals surface area contributed by atoms with Gasteiger partial charge < -0.3 is 14.8 Å². The molecule has 1 aromatic heterocycles. The number of benzene rings is 1. The minimum atomic E-state index is -0.344. The molecule has 1 aliphatic rings. The average Bonchev–Trinajstić information content (AvgIpc) is 3.41. The number of anilines is 1. The standard InChI is InChI=1S/C16H16ClN3O3/c1-22-13-7-10(17)12(8-14(13)23-2)20-16(21)11-5-6-18-15(19-11)9-3-4-9/h5-9H,3-4H2,1-2H3,(H,20,21). The monoisotopic (exact) mass is 333 g/mol. The van der Waals surface area contributed by atoms with Crippen LogP contribution in [0.4, 0.5) is 5.69 Å². The lowest BCUT2D eigenvalue weighted by molar-refractivity contribution is 0.102. The lowest BCUT2D eigenvalue weighted by atomic mass is 10.2. The fraction of sp³-hybridized carbons (Fsp3) is 0.312. The third-order valence-corrected chi connectivity index (χ3v) is 3.88. The molecule has 1 aliphatic carbocycles. The van der Waals surface area contributed by atoms with Crippen molar-refractivity contribution in [1.29, 1.82) is 0 Å².